The second-order valence-electron chi connectivity index (χ2n) is 7.07. The lowest BCUT2D eigenvalue weighted by Crippen LogP contribution is -2.39. The number of hydrazone groups is 1. The summed E-state index contributed by atoms with van der Waals surface area (Å²) in [5, 5.41) is 3.89. The zero-order valence-corrected chi connectivity index (χ0v) is 19.0. The van der Waals surface area contributed by atoms with Gasteiger partial charge >= 0.3 is 5.97 Å². The van der Waals surface area contributed by atoms with E-state index in [1.165, 1.54) is 25.5 Å². The van der Waals surface area contributed by atoms with Crippen molar-refractivity contribution in [2.24, 2.45) is 5.10 Å². The predicted molar refractivity (Wildman–Crippen MR) is 126 cm³/mol. The van der Waals surface area contributed by atoms with Crippen LogP contribution in [0, 0.1) is 6.92 Å². The molecule has 0 aliphatic heterocycles. The Hall–Kier alpha value is -3.98. The first-order chi connectivity index (χ1) is 15.8. The van der Waals surface area contributed by atoms with Crippen LogP contribution < -0.4 is 9.73 Å². The molecule has 0 unspecified atom stereocenters. The number of benzene rings is 3. The van der Waals surface area contributed by atoms with Crippen LogP contribution in [0.25, 0.3) is 0 Å². The summed E-state index contributed by atoms with van der Waals surface area (Å²) in [6, 6.07) is 21.2. The predicted octanol–water partition coefficient (Wildman–Crippen LogP) is 3.13. The van der Waals surface area contributed by atoms with Gasteiger partial charge in [-0.25, -0.2) is 18.6 Å². The number of methoxy groups -OCH3 is 1. The third-order valence-corrected chi connectivity index (χ3v) is 6.46. The molecule has 3 aromatic rings. The molecule has 170 valence electrons. The standard InChI is InChI=1S/C24H23N3O5S/c1-18-8-14-22(15-9-18)33(30,31)27(21-6-4-3-5-7-21)17-23(28)26-25-16-19-10-12-20(13-11-19)24(29)32-2/h3-16H,17H2,1-2H3,(H,26,28)/b25-16-. The molecule has 1 N–H and O–H groups in total. The lowest BCUT2D eigenvalue weighted by atomic mass is 10.1. The van der Waals surface area contributed by atoms with E-state index < -0.39 is 28.4 Å². The van der Waals surface area contributed by atoms with Gasteiger partial charge in [0.2, 0.25) is 0 Å². The molecule has 3 rings (SSSR count). The molecule has 0 bridgehead atoms. The summed E-state index contributed by atoms with van der Waals surface area (Å²) in [5.74, 6) is -1.07. The Morgan fingerprint density at radius 1 is 0.970 bits per heavy atom. The fourth-order valence-corrected chi connectivity index (χ4v) is 4.34. The summed E-state index contributed by atoms with van der Waals surface area (Å²) >= 11 is 0. The van der Waals surface area contributed by atoms with Gasteiger partial charge in [0.1, 0.15) is 6.54 Å². The van der Waals surface area contributed by atoms with Crippen molar-refractivity contribution in [1.29, 1.82) is 0 Å². The van der Waals surface area contributed by atoms with E-state index in [1.54, 1.807) is 66.7 Å². The van der Waals surface area contributed by atoms with E-state index in [0.717, 1.165) is 9.87 Å². The summed E-state index contributed by atoms with van der Waals surface area (Å²) < 4.78 is 32.2. The molecule has 0 heterocycles. The van der Waals surface area contributed by atoms with Gasteiger partial charge in [-0.2, -0.15) is 5.10 Å². The highest BCUT2D eigenvalue weighted by Gasteiger charge is 2.27. The number of ether oxygens (including phenoxy) is 1. The minimum absolute atomic E-state index is 0.0824. The second-order valence-corrected chi connectivity index (χ2v) is 8.93. The topological polar surface area (TPSA) is 105 Å². The van der Waals surface area contributed by atoms with Crippen molar-refractivity contribution in [3.63, 3.8) is 0 Å². The smallest absolute Gasteiger partial charge is 0.337 e. The number of carbonyl (C=O) groups is 2. The molecule has 0 aliphatic carbocycles. The number of aryl methyl sites for hydroxylation is 1. The molecule has 3 aromatic carbocycles. The Kier molecular flexibility index (Phi) is 7.57. The van der Waals surface area contributed by atoms with Gasteiger partial charge in [-0.3, -0.25) is 9.10 Å². The van der Waals surface area contributed by atoms with Crippen molar-refractivity contribution in [3.8, 4) is 0 Å². The third kappa shape index (κ3) is 6.05. The minimum Gasteiger partial charge on any atom is -0.465 e. The van der Waals surface area contributed by atoms with Crippen LogP contribution in [-0.2, 0) is 19.6 Å². The molecular weight excluding hydrogens is 442 g/mol. The Balaban J connectivity index is 1.75. The number of nitrogens with one attached hydrogen (secondary N) is 1. The van der Waals surface area contributed by atoms with E-state index in [4.69, 9.17) is 0 Å². The van der Waals surface area contributed by atoms with Gasteiger partial charge in [0, 0.05) is 0 Å². The maximum Gasteiger partial charge on any atom is 0.337 e. The molecule has 9 heteroatoms. The lowest BCUT2D eigenvalue weighted by molar-refractivity contribution is -0.119. The molecule has 0 radical (unpaired) electrons. The van der Waals surface area contributed by atoms with Gasteiger partial charge < -0.3 is 4.74 Å². The van der Waals surface area contributed by atoms with Gasteiger partial charge in [-0.15, -0.1) is 0 Å². The summed E-state index contributed by atoms with van der Waals surface area (Å²) in [6.45, 7) is 1.40. The zero-order chi connectivity index (χ0) is 23.8. The van der Waals surface area contributed by atoms with Crippen molar-refractivity contribution in [1.82, 2.24) is 5.43 Å². The molecule has 0 aliphatic rings. The van der Waals surface area contributed by atoms with E-state index in [2.05, 4.69) is 15.3 Å². The SMILES string of the molecule is COC(=O)c1ccc(/C=N\NC(=O)CN(c2ccccc2)S(=O)(=O)c2ccc(C)cc2)cc1. The van der Waals surface area contributed by atoms with Crippen LogP contribution in [0.2, 0.25) is 0 Å². The fourth-order valence-electron chi connectivity index (χ4n) is 2.91. The van der Waals surface area contributed by atoms with Gasteiger partial charge in [0.05, 0.1) is 29.5 Å². The van der Waals surface area contributed by atoms with E-state index in [-0.39, 0.29) is 4.90 Å². The number of para-hydroxylation sites is 1. The average Bonchev–Trinajstić information content (AvgIpc) is 2.83. The molecule has 33 heavy (non-hydrogen) atoms. The second kappa shape index (κ2) is 10.6. The number of rotatable bonds is 8. The van der Waals surface area contributed by atoms with Crippen LogP contribution >= 0.6 is 0 Å². The first-order valence-corrected chi connectivity index (χ1v) is 11.4. The highest BCUT2D eigenvalue weighted by atomic mass is 32.2. The Labute approximate surface area is 192 Å². The highest BCUT2D eigenvalue weighted by molar-refractivity contribution is 7.92. The molecular formula is C24H23N3O5S. The summed E-state index contributed by atoms with van der Waals surface area (Å²) in [5.41, 5.74) is 4.65. The Morgan fingerprint density at radius 3 is 2.21 bits per heavy atom. The monoisotopic (exact) mass is 465 g/mol. The molecule has 0 saturated carbocycles. The molecule has 8 nitrogen and oxygen atoms in total. The minimum atomic E-state index is -3.98. The number of sulfonamides is 1. The Bertz CT molecular complexity index is 1240. The number of esters is 1. The first-order valence-electron chi connectivity index (χ1n) is 9.96. The molecule has 0 spiro atoms. The van der Waals surface area contributed by atoms with Crippen LogP contribution in [0.4, 0.5) is 5.69 Å². The maximum atomic E-state index is 13.3. The highest BCUT2D eigenvalue weighted by Crippen LogP contribution is 2.23. The van der Waals surface area contributed by atoms with Crippen molar-refractivity contribution >= 4 is 33.8 Å². The lowest BCUT2D eigenvalue weighted by Gasteiger charge is -2.23. The number of amides is 1. The van der Waals surface area contributed by atoms with Crippen molar-refractivity contribution < 1.29 is 22.7 Å². The van der Waals surface area contributed by atoms with Crippen LogP contribution in [0.3, 0.4) is 0 Å². The van der Waals surface area contributed by atoms with Gasteiger partial charge in [0.15, 0.2) is 0 Å². The van der Waals surface area contributed by atoms with Gasteiger partial charge in [-0.05, 0) is 48.9 Å². The quantitative estimate of drug-likeness (QED) is 0.313. The molecule has 0 atom stereocenters. The number of anilines is 1. The largest absolute Gasteiger partial charge is 0.465 e. The van der Waals surface area contributed by atoms with Crippen LogP contribution in [-0.4, -0.2) is 40.2 Å². The van der Waals surface area contributed by atoms with Gasteiger partial charge in [-0.1, -0.05) is 48.0 Å². The number of hydrogen-bond acceptors (Lipinski definition) is 6. The molecule has 0 aromatic heterocycles. The fraction of sp³-hybridized carbons (Fsp3) is 0.125. The zero-order valence-electron chi connectivity index (χ0n) is 18.1. The van der Waals surface area contributed by atoms with Gasteiger partial charge in [0.25, 0.3) is 15.9 Å². The van der Waals surface area contributed by atoms with Crippen LogP contribution in [0.5, 0.6) is 0 Å². The third-order valence-electron chi connectivity index (χ3n) is 4.68. The van der Waals surface area contributed by atoms with Crippen LogP contribution in [0.15, 0.2) is 88.9 Å². The molecule has 0 fully saturated rings. The number of nitrogens with zero attached hydrogens (tertiary/aromatic N) is 2. The van der Waals surface area contributed by atoms with E-state index in [0.29, 0.717) is 16.8 Å². The van der Waals surface area contributed by atoms with Crippen LogP contribution in [0.1, 0.15) is 21.5 Å². The van der Waals surface area contributed by atoms with Crippen molar-refractivity contribution in [2.75, 3.05) is 18.0 Å². The van der Waals surface area contributed by atoms with E-state index in [1.807, 2.05) is 6.92 Å². The first kappa shape index (κ1) is 23.7. The maximum absolute atomic E-state index is 13.3. The molecule has 0 saturated heterocycles. The van der Waals surface area contributed by atoms with Crippen molar-refractivity contribution in [3.05, 3.63) is 95.6 Å². The summed E-state index contributed by atoms with van der Waals surface area (Å²) in [4.78, 5) is 24.1. The van der Waals surface area contributed by atoms with Crippen molar-refractivity contribution in [2.45, 2.75) is 11.8 Å². The average molecular weight is 466 g/mol. The number of hydrogen-bond donors (Lipinski definition) is 1. The summed E-state index contributed by atoms with van der Waals surface area (Å²) in [7, 11) is -2.69. The van der Waals surface area contributed by atoms with E-state index in [9.17, 15) is 18.0 Å². The molecule has 1 amide bonds. The van der Waals surface area contributed by atoms with E-state index >= 15 is 0 Å². The Morgan fingerprint density at radius 2 is 1.61 bits per heavy atom. The normalized spacial score (nSPS) is 11.2. The number of carbonyl (C=O) groups excluding carboxylic acids is 2. The summed E-state index contributed by atoms with van der Waals surface area (Å²) in [6.07, 6.45) is 1.39.